The highest BCUT2D eigenvalue weighted by atomic mass is 35.5. The summed E-state index contributed by atoms with van der Waals surface area (Å²) in [7, 11) is -3.05. The predicted molar refractivity (Wildman–Crippen MR) is 165 cm³/mol. The second-order valence-electron chi connectivity index (χ2n) is 10.5. The molecule has 1 amide bonds. The van der Waals surface area contributed by atoms with Crippen LogP contribution >= 0.6 is 11.6 Å². The Balaban J connectivity index is 1.75. The highest BCUT2D eigenvalue weighted by Gasteiger charge is 2.61. The fourth-order valence-corrected chi connectivity index (χ4v) is 8.35. The molecule has 4 aromatic carbocycles. The maximum absolute atomic E-state index is 14.9. The molecule has 218 valence electrons. The van der Waals surface area contributed by atoms with Gasteiger partial charge in [-0.2, -0.15) is 4.31 Å². The van der Waals surface area contributed by atoms with Gasteiger partial charge in [-0.3, -0.25) is 9.59 Å². The first kappa shape index (κ1) is 29.8. The van der Waals surface area contributed by atoms with E-state index in [9.17, 15) is 18.0 Å². The Bertz CT molecular complexity index is 1690. The summed E-state index contributed by atoms with van der Waals surface area (Å²) in [5.74, 6) is -1.88. The minimum atomic E-state index is -4.36. The third-order valence-electron chi connectivity index (χ3n) is 8.08. The number of hydrogen-bond donors (Lipinski definition) is 1. The van der Waals surface area contributed by atoms with E-state index in [4.69, 9.17) is 16.3 Å². The second-order valence-corrected chi connectivity index (χ2v) is 12.8. The molecule has 0 bridgehead atoms. The van der Waals surface area contributed by atoms with E-state index in [1.54, 1.807) is 66.7 Å². The quantitative estimate of drug-likeness (QED) is 0.213. The van der Waals surface area contributed by atoms with Crippen LogP contribution in [0.1, 0.15) is 38.2 Å². The smallest absolute Gasteiger partial charge is 0.310 e. The van der Waals surface area contributed by atoms with Gasteiger partial charge in [0.2, 0.25) is 15.9 Å². The third kappa shape index (κ3) is 5.42. The first-order valence-corrected chi connectivity index (χ1v) is 15.8. The highest BCUT2D eigenvalue weighted by Crippen LogP contribution is 2.52. The van der Waals surface area contributed by atoms with Gasteiger partial charge in [0, 0.05) is 10.7 Å². The minimum absolute atomic E-state index is 0.0408. The van der Waals surface area contributed by atoms with E-state index in [1.165, 1.54) is 11.4 Å². The van der Waals surface area contributed by atoms with E-state index in [0.717, 1.165) is 10.8 Å². The molecule has 1 saturated heterocycles. The van der Waals surface area contributed by atoms with Gasteiger partial charge in [-0.05, 0) is 72.0 Å². The Morgan fingerprint density at radius 2 is 1.64 bits per heavy atom. The average Bonchev–Trinajstić information content (AvgIpc) is 3.42. The van der Waals surface area contributed by atoms with Gasteiger partial charge >= 0.3 is 5.97 Å². The van der Waals surface area contributed by atoms with E-state index in [-0.39, 0.29) is 17.7 Å². The van der Waals surface area contributed by atoms with Crippen molar-refractivity contribution in [3.8, 4) is 0 Å². The molecule has 0 radical (unpaired) electrons. The van der Waals surface area contributed by atoms with Crippen molar-refractivity contribution in [2.45, 2.75) is 49.1 Å². The summed E-state index contributed by atoms with van der Waals surface area (Å²) in [5, 5.41) is 5.00. The van der Waals surface area contributed by atoms with Crippen LogP contribution in [0.4, 0.5) is 5.69 Å². The van der Waals surface area contributed by atoms with Crippen LogP contribution in [0.2, 0.25) is 5.02 Å². The zero-order valence-electron chi connectivity index (χ0n) is 23.5. The number of esters is 1. The molecule has 1 aliphatic rings. The zero-order valence-corrected chi connectivity index (χ0v) is 25.1. The van der Waals surface area contributed by atoms with Crippen LogP contribution in [0.5, 0.6) is 0 Å². The van der Waals surface area contributed by atoms with Crippen molar-refractivity contribution in [2.24, 2.45) is 5.92 Å². The van der Waals surface area contributed by atoms with Gasteiger partial charge in [0.15, 0.2) is 0 Å². The Morgan fingerprint density at radius 3 is 2.31 bits per heavy atom. The summed E-state index contributed by atoms with van der Waals surface area (Å²) in [6, 6.07) is 27.1. The number of nitrogens with one attached hydrogen (secondary N) is 1. The van der Waals surface area contributed by atoms with E-state index >= 15 is 0 Å². The Hall–Kier alpha value is -3.72. The Morgan fingerprint density at radius 1 is 0.976 bits per heavy atom. The summed E-state index contributed by atoms with van der Waals surface area (Å²) in [6.45, 7) is 1.93. The lowest BCUT2D eigenvalue weighted by atomic mass is 9.74. The number of hydrogen-bond acceptors (Lipinski definition) is 5. The van der Waals surface area contributed by atoms with Crippen molar-refractivity contribution >= 4 is 50.0 Å². The molecule has 9 heteroatoms. The maximum Gasteiger partial charge on any atom is 0.310 e. The van der Waals surface area contributed by atoms with Gasteiger partial charge < -0.3 is 10.1 Å². The van der Waals surface area contributed by atoms with Gasteiger partial charge in [0.05, 0.1) is 23.5 Å². The first-order valence-electron chi connectivity index (χ1n) is 14.0. The number of fused-ring (bicyclic) bond motifs is 1. The highest BCUT2D eigenvalue weighted by molar-refractivity contribution is 7.89. The topological polar surface area (TPSA) is 92.8 Å². The molecule has 2 unspecified atom stereocenters. The molecule has 42 heavy (non-hydrogen) atoms. The maximum atomic E-state index is 14.9. The summed E-state index contributed by atoms with van der Waals surface area (Å²) in [4.78, 5) is 27.5. The van der Waals surface area contributed by atoms with Crippen LogP contribution in [-0.4, -0.2) is 37.8 Å². The number of rotatable bonds is 9. The number of carbonyl (C=O) groups is 2. The van der Waals surface area contributed by atoms with E-state index in [2.05, 4.69) is 5.32 Å². The fraction of sp³-hybridized carbons (Fsp3) is 0.273. The second kappa shape index (κ2) is 12.3. The van der Waals surface area contributed by atoms with Crippen molar-refractivity contribution in [3.63, 3.8) is 0 Å². The van der Waals surface area contributed by atoms with Crippen LogP contribution in [0.15, 0.2) is 102 Å². The number of ether oxygens (including phenoxy) is 1. The molecule has 7 nitrogen and oxygen atoms in total. The lowest BCUT2D eigenvalue weighted by Crippen LogP contribution is -2.57. The van der Waals surface area contributed by atoms with Gasteiger partial charge in [-0.15, -0.1) is 0 Å². The molecule has 1 heterocycles. The number of sulfonamides is 1. The molecule has 0 aliphatic carbocycles. The van der Waals surface area contributed by atoms with Crippen LogP contribution in [0.25, 0.3) is 10.8 Å². The fourth-order valence-electron chi connectivity index (χ4n) is 6.19. The largest absolute Gasteiger partial charge is 0.469 e. The van der Waals surface area contributed by atoms with E-state index in [0.29, 0.717) is 29.1 Å². The SMILES string of the molecule is CCCC(C(=O)OC)C1(c2ccc(Cl)cc2)CC[C@@H](C(=O)Nc2ccccc2)N1S(=O)(=O)c1ccc2ccccc2c1. The first-order chi connectivity index (χ1) is 20.2. The molecule has 0 spiro atoms. The molecule has 1 N–H and O–H groups in total. The standard InChI is InChI=1S/C33H33ClN2O5S/c1-3-9-29(32(38)41-2)33(25-15-17-26(34)18-16-25)21-20-30(31(37)35-27-12-5-4-6-13-27)36(33)42(39,40)28-19-14-23-10-7-8-11-24(23)22-28/h4-8,10-19,22,29-30H,3,9,20-21H2,1-2H3,(H,35,37)/t29?,30-,33?/m0/s1. The average molecular weight is 605 g/mol. The van der Waals surface area contributed by atoms with Gasteiger partial charge in [-0.25, -0.2) is 8.42 Å². The summed E-state index contributed by atoms with van der Waals surface area (Å²) < 4.78 is 36.3. The van der Waals surface area contributed by atoms with Crippen molar-refractivity contribution in [1.29, 1.82) is 0 Å². The van der Waals surface area contributed by atoms with Crippen LogP contribution in [-0.2, 0) is 29.9 Å². The lowest BCUT2D eigenvalue weighted by Gasteiger charge is -2.44. The Labute approximate surface area is 251 Å². The third-order valence-corrected chi connectivity index (χ3v) is 10.3. The zero-order chi connectivity index (χ0) is 29.9. The molecule has 5 rings (SSSR count). The number of methoxy groups -OCH3 is 1. The molecule has 0 aromatic heterocycles. The van der Waals surface area contributed by atoms with Gasteiger partial charge in [0.1, 0.15) is 6.04 Å². The van der Waals surface area contributed by atoms with Crippen molar-refractivity contribution < 1.29 is 22.7 Å². The molecule has 1 aliphatic heterocycles. The van der Waals surface area contributed by atoms with Gasteiger partial charge in [-0.1, -0.05) is 85.6 Å². The lowest BCUT2D eigenvalue weighted by molar-refractivity contribution is -0.151. The number of amides is 1. The van der Waals surface area contributed by atoms with Crippen molar-refractivity contribution in [3.05, 3.63) is 108 Å². The minimum Gasteiger partial charge on any atom is -0.469 e. The normalized spacial score (nSPS) is 19.8. The monoisotopic (exact) mass is 604 g/mol. The molecular formula is C33H33ClN2O5S. The molecular weight excluding hydrogens is 572 g/mol. The van der Waals surface area contributed by atoms with Crippen LogP contribution in [0.3, 0.4) is 0 Å². The number of para-hydroxylation sites is 1. The molecule has 3 atom stereocenters. The number of halogens is 1. The summed E-state index contributed by atoms with van der Waals surface area (Å²) in [6.07, 6.45) is 1.38. The van der Waals surface area contributed by atoms with Crippen LogP contribution in [0, 0.1) is 5.92 Å². The summed E-state index contributed by atoms with van der Waals surface area (Å²) in [5.41, 5.74) is -0.278. The molecule has 0 saturated carbocycles. The van der Waals surface area contributed by atoms with E-state index in [1.807, 2.05) is 37.3 Å². The Kier molecular flexibility index (Phi) is 8.68. The number of carbonyl (C=O) groups excluding carboxylic acids is 2. The van der Waals surface area contributed by atoms with Crippen LogP contribution < -0.4 is 5.32 Å². The number of benzene rings is 4. The van der Waals surface area contributed by atoms with Crippen molar-refractivity contribution in [2.75, 3.05) is 12.4 Å². The molecule has 1 fully saturated rings. The molecule has 4 aromatic rings. The van der Waals surface area contributed by atoms with Gasteiger partial charge in [0.25, 0.3) is 0 Å². The number of nitrogens with zero attached hydrogens (tertiary/aromatic N) is 1. The summed E-state index contributed by atoms with van der Waals surface area (Å²) >= 11 is 6.25. The van der Waals surface area contributed by atoms with E-state index < -0.39 is 39.4 Å². The predicted octanol–water partition coefficient (Wildman–Crippen LogP) is 6.77. The number of anilines is 1. The van der Waals surface area contributed by atoms with Crippen molar-refractivity contribution in [1.82, 2.24) is 4.31 Å².